The molecule has 0 saturated carbocycles. The molecule has 0 spiro atoms. The molecular formula is C17H19BrN2. The summed E-state index contributed by atoms with van der Waals surface area (Å²) in [5.41, 5.74) is 3.93. The quantitative estimate of drug-likeness (QED) is 0.891. The van der Waals surface area contributed by atoms with Crippen molar-refractivity contribution >= 4 is 15.9 Å². The van der Waals surface area contributed by atoms with Crippen molar-refractivity contribution in [3.05, 3.63) is 63.9 Å². The first-order chi connectivity index (χ1) is 9.75. The normalized spacial score (nSPS) is 19.4. The zero-order valence-electron chi connectivity index (χ0n) is 11.6. The van der Waals surface area contributed by atoms with Crippen LogP contribution < -0.4 is 5.32 Å². The number of halogens is 1. The Balaban J connectivity index is 1.81. The molecule has 3 heteroatoms. The third-order valence-corrected chi connectivity index (χ3v) is 4.74. The SMILES string of the molecule is C[C@@H](NC1CCCc2cccnc21)c1ccccc1Br. The van der Waals surface area contributed by atoms with Crippen LogP contribution in [0.2, 0.25) is 0 Å². The molecule has 1 heterocycles. The Kier molecular flexibility index (Phi) is 4.18. The number of aryl methyl sites for hydroxylation is 1. The second-order valence-corrected chi connectivity index (χ2v) is 6.26. The van der Waals surface area contributed by atoms with Gasteiger partial charge in [-0.3, -0.25) is 4.98 Å². The fourth-order valence-electron chi connectivity index (χ4n) is 2.99. The molecule has 0 saturated heterocycles. The van der Waals surface area contributed by atoms with E-state index in [1.165, 1.54) is 29.7 Å². The second kappa shape index (κ2) is 6.06. The van der Waals surface area contributed by atoms with Crippen LogP contribution in [-0.4, -0.2) is 4.98 Å². The molecule has 0 bridgehead atoms. The van der Waals surface area contributed by atoms with E-state index in [0.29, 0.717) is 12.1 Å². The molecule has 1 aromatic carbocycles. The molecule has 1 aliphatic carbocycles. The number of pyridine rings is 1. The van der Waals surface area contributed by atoms with Gasteiger partial charge in [-0.15, -0.1) is 0 Å². The Morgan fingerprint density at radius 1 is 1.25 bits per heavy atom. The largest absolute Gasteiger partial charge is 0.302 e. The Morgan fingerprint density at radius 2 is 2.10 bits per heavy atom. The molecule has 2 nitrogen and oxygen atoms in total. The van der Waals surface area contributed by atoms with Gasteiger partial charge in [-0.05, 0) is 49.4 Å². The van der Waals surface area contributed by atoms with E-state index in [0.717, 1.165) is 10.9 Å². The summed E-state index contributed by atoms with van der Waals surface area (Å²) in [4.78, 5) is 4.60. The van der Waals surface area contributed by atoms with Crippen molar-refractivity contribution in [2.24, 2.45) is 0 Å². The predicted octanol–water partition coefficient (Wildman–Crippen LogP) is 4.57. The number of hydrogen-bond donors (Lipinski definition) is 1. The van der Waals surface area contributed by atoms with Crippen LogP contribution in [0, 0.1) is 0 Å². The summed E-state index contributed by atoms with van der Waals surface area (Å²) in [6.07, 6.45) is 5.46. The standard InChI is InChI=1S/C17H19BrN2/c1-12(14-8-2-3-9-15(14)18)20-16-10-4-6-13-7-5-11-19-17(13)16/h2-3,5,7-9,11-12,16,20H,4,6,10H2,1H3/t12-,16?/m1/s1. The van der Waals surface area contributed by atoms with Crippen molar-refractivity contribution in [3.8, 4) is 0 Å². The third-order valence-electron chi connectivity index (χ3n) is 4.02. The van der Waals surface area contributed by atoms with Crippen LogP contribution in [-0.2, 0) is 6.42 Å². The molecule has 2 atom stereocenters. The summed E-state index contributed by atoms with van der Waals surface area (Å²) < 4.78 is 1.16. The van der Waals surface area contributed by atoms with Gasteiger partial charge in [0.2, 0.25) is 0 Å². The summed E-state index contributed by atoms with van der Waals surface area (Å²) in [7, 11) is 0. The Labute approximate surface area is 128 Å². The first-order valence-electron chi connectivity index (χ1n) is 7.20. The van der Waals surface area contributed by atoms with Gasteiger partial charge in [-0.25, -0.2) is 0 Å². The van der Waals surface area contributed by atoms with Crippen LogP contribution in [0.5, 0.6) is 0 Å². The van der Waals surface area contributed by atoms with Gasteiger partial charge in [-0.1, -0.05) is 40.2 Å². The molecule has 0 amide bonds. The fourth-order valence-corrected chi connectivity index (χ4v) is 3.62. The fraction of sp³-hybridized carbons (Fsp3) is 0.353. The molecule has 1 aliphatic rings. The number of rotatable bonds is 3. The number of nitrogens with zero attached hydrogens (tertiary/aromatic N) is 1. The van der Waals surface area contributed by atoms with Crippen molar-refractivity contribution in [1.29, 1.82) is 0 Å². The number of hydrogen-bond acceptors (Lipinski definition) is 2. The zero-order valence-corrected chi connectivity index (χ0v) is 13.2. The Hall–Kier alpha value is -1.19. The predicted molar refractivity (Wildman–Crippen MR) is 85.6 cm³/mol. The van der Waals surface area contributed by atoms with Gasteiger partial charge >= 0.3 is 0 Å². The van der Waals surface area contributed by atoms with Gasteiger partial charge in [0, 0.05) is 16.7 Å². The average molecular weight is 331 g/mol. The average Bonchev–Trinajstić information content (AvgIpc) is 2.48. The van der Waals surface area contributed by atoms with E-state index in [1.54, 1.807) is 0 Å². The van der Waals surface area contributed by atoms with Gasteiger partial charge in [0.25, 0.3) is 0 Å². The molecule has 0 radical (unpaired) electrons. The molecule has 20 heavy (non-hydrogen) atoms. The number of fused-ring (bicyclic) bond motifs is 1. The summed E-state index contributed by atoms with van der Waals surface area (Å²) in [6, 6.07) is 13.3. The monoisotopic (exact) mass is 330 g/mol. The van der Waals surface area contributed by atoms with Crippen LogP contribution in [0.3, 0.4) is 0 Å². The van der Waals surface area contributed by atoms with E-state index >= 15 is 0 Å². The topological polar surface area (TPSA) is 24.9 Å². The molecule has 0 aliphatic heterocycles. The van der Waals surface area contributed by atoms with Gasteiger partial charge in [-0.2, -0.15) is 0 Å². The van der Waals surface area contributed by atoms with Gasteiger partial charge < -0.3 is 5.32 Å². The van der Waals surface area contributed by atoms with Gasteiger partial charge in [0.05, 0.1) is 11.7 Å². The highest BCUT2D eigenvalue weighted by molar-refractivity contribution is 9.10. The minimum Gasteiger partial charge on any atom is -0.302 e. The van der Waals surface area contributed by atoms with Crippen molar-refractivity contribution in [2.75, 3.05) is 0 Å². The lowest BCUT2D eigenvalue weighted by Crippen LogP contribution is -2.28. The van der Waals surface area contributed by atoms with Crippen LogP contribution in [0.15, 0.2) is 47.1 Å². The maximum absolute atomic E-state index is 4.60. The maximum Gasteiger partial charge on any atom is 0.0605 e. The van der Waals surface area contributed by atoms with Crippen LogP contribution in [0.25, 0.3) is 0 Å². The van der Waals surface area contributed by atoms with E-state index in [-0.39, 0.29) is 0 Å². The lowest BCUT2D eigenvalue weighted by atomic mass is 9.91. The van der Waals surface area contributed by atoms with Crippen molar-refractivity contribution < 1.29 is 0 Å². The van der Waals surface area contributed by atoms with Crippen LogP contribution in [0.1, 0.15) is 48.7 Å². The minimum atomic E-state index is 0.309. The Bertz CT molecular complexity index is 597. The maximum atomic E-state index is 4.60. The lowest BCUT2D eigenvalue weighted by molar-refractivity contribution is 0.406. The summed E-state index contributed by atoms with van der Waals surface area (Å²) in [5, 5.41) is 3.74. The highest BCUT2D eigenvalue weighted by atomic mass is 79.9. The first kappa shape index (κ1) is 13.8. The van der Waals surface area contributed by atoms with Crippen molar-refractivity contribution in [3.63, 3.8) is 0 Å². The van der Waals surface area contributed by atoms with Crippen LogP contribution in [0.4, 0.5) is 0 Å². The molecular weight excluding hydrogens is 312 g/mol. The van der Waals surface area contributed by atoms with Gasteiger partial charge in [0.1, 0.15) is 0 Å². The minimum absolute atomic E-state index is 0.309. The van der Waals surface area contributed by atoms with E-state index in [1.807, 2.05) is 12.3 Å². The Morgan fingerprint density at radius 3 is 2.95 bits per heavy atom. The van der Waals surface area contributed by atoms with Crippen molar-refractivity contribution in [1.82, 2.24) is 10.3 Å². The molecule has 1 aromatic heterocycles. The summed E-state index contributed by atoms with van der Waals surface area (Å²) in [6.45, 7) is 2.22. The van der Waals surface area contributed by atoms with E-state index < -0.39 is 0 Å². The summed E-state index contributed by atoms with van der Waals surface area (Å²) >= 11 is 3.64. The molecule has 1 N–H and O–H groups in total. The zero-order chi connectivity index (χ0) is 13.9. The van der Waals surface area contributed by atoms with Crippen LogP contribution >= 0.6 is 15.9 Å². The third kappa shape index (κ3) is 2.79. The number of benzene rings is 1. The number of nitrogens with one attached hydrogen (secondary N) is 1. The highest BCUT2D eigenvalue weighted by Crippen LogP contribution is 2.31. The number of aromatic nitrogens is 1. The van der Waals surface area contributed by atoms with Crippen molar-refractivity contribution in [2.45, 2.75) is 38.3 Å². The molecule has 2 aromatic rings. The summed E-state index contributed by atoms with van der Waals surface area (Å²) in [5.74, 6) is 0. The second-order valence-electron chi connectivity index (χ2n) is 5.40. The molecule has 1 unspecified atom stereocenters. The van der Waals surface area contributed by atoms with E-state index in [4.69, 9.17) is 0 Å². The highest BCUT2D eigenvalue weighted by Gasteiger charge is 2.23. The molecule has 3 rings (SSSR count). The first-order valence-corrected chi connectivity index (χ1v) is 7.99. The van der Waals surface area contributed by atoms with Gasteiger partial charge in [0.15, 0.2) is 0 Å². The van der Waals surface area contributed by atoms with E-state index in [2.05, 4.69) is 63.5 Å². The lowest BCUT2D eigenvalue weighted by Gasteiger charge is -2.28. The molecule has 104 valence electrons. The molecule has 0 fully saturated rings. The smallest absolute Gasteiger partial charge is 0.0605 e. The van der Waals surface area contributed by atoms with E-state index in [9.17, 15) is 0 Å².